The van der Waals surface area contributed by atoms with E-state index in [2.05, 4.69) is 15.2 Å². The van der Waals surface area contributed by atoms with Crippen LogP contribution in [0.1, 0.15) is 17.5 Å². The predicted molar refractivity (Wildman–Crippen MR) is 93.3 cm³/mol. The highest BCUT2D eigenvalue weighted by Gasteiger charge is 2.20. The third-order valence-electron chi connectivity index (χ3n) is 4.56. The molecule has 1 N–H and O–H groups in total. The molecule has 2 heterocycles. The molecule has 25 heavy (non-hydrogen) atoms. The highest BCUT2D eigenvalue weighted by atomic mass is 19.1. The number of guanidine groups is 1. The van der Waals surface area contributed by atoms with Gasteiger partial charge in [-0.2, -0.15) is 0 Å². The molecule has 2 aliphatic heterocycles. The average Bonchev–Trinajstić information content (AvgIpc) is 3.11. The van der Waals surface area contributed by atoms with Gasteiger partial charge >= 0.3 is 0 Å². The maximum Gasteiger partial charge on any atom is 0.193 e. The molecule has 0 aromatic heterocycles. The summed E-state index contributed by atoms with van der Waals surface area (Å²) in [6.07, 6.45) is 1.75. The van der Waals surface area contributed by atoms with Crippen LogP contribution >= 0.6 is 0 Å². The fourth-order valence-corrected chi connectivity index (χ4v) is 3.34. The molecule has 0 bridgehead atoms. The maximum absolute atomic E-state index is 13.8. The maximum atomic E-state index is 13.8. The number of aliphatic imine (C=N–C) groups is 1. The van der Waals surface area contributed by atoms with Gasteiger partial charge in [-0.05, 0) is 30.5 Å². The van der Waals surface area contributed by atoms with Gasteiger partial charge in [-0.3, -0.25) is 4.99 Å². The van der Waals surface area contributed by atoms with E-state index in [1.165, 1.54) is 12.1 Å². The average molecular weight is 351 g/mol. The molecule has 1 aromatic rings. The first kappa shape index (κ1) is 17.9. The second-order valence-electron chi connectivity index (χ2n) is 6.50. The molecule has 1 unspecified atom stereocenters. The molecule has 0 aliphatic carbocycles. The Kier molecular flexibility index (Phi) is 6.09. The minimum Gasteiger partial charge on any atom is -0.467 e. The predicted octanol–water partition coefficient (Wildman–Crippen LogP) is 1.78. The largest absolute Gasteiger partial charge is 0.467 e. The molecular formula is C18H26FN3O3. The van der Waals surface area contributed by atoms with Gasteiger partial charge in [-0.1, -0.05) is 0 Å². The van der Waals surface area contributed by atoms with Gasteiger partial charge in [0.25, 0.3) is 0 Å². The van der Waals surface area contributed by atoms with Gasteiger partial charge in [-0.15, -0.1) is 0 Å². The first-order chi connectivity index (χ1) is 12.2. The molecule has 0 radical (unpaired) electrons. The normalized spacial score (nSPS) is 20.1. The Hall–Kier alpha value is -1.86. The Morgan fingerprint density at radius 3 is 3.04 bits per heavy atom. The van der Waals surface area contributed by atoms with Gasteiger partial charge < -0.3 is 24.4 Å². The summed E-state index contributed by atoms with van der Waals surface area (Å²) >= 11 is 0. The molecule has 0 amide bonds. The fraction of sp³-hybridized carbons (Fsp3) is 0.611. The van der Waals surface area contributed by atoms with E-state index in [1.54, 1.807) is 7.05 Å². The van der Waals surface area contributed by atoms with Crippen molar-refractivity contribution in [2.24, 2.45) is 10.9 Å². The van der Waals surface area contributed by atoms with Crippen LogP contribution in [-0.2, 0) is 22.5 Å². The van der Waals surface area contributed by atoms with Gasteiger partial charge in [0.1, 0.15) is 11.6 Å². The van der Waals surface area contributed by atoms with E-state index >= 15 is 0 Å². The molecule has 138 valence electrons. The van der Waals surface area contributed by atoms with Crippen molar-refractivity contribution in [3.8, 4) is 5.75 Å². The Bertz CT molecular complexity index is 618. The van der Waals surface area contributed by atoms with Gasteiger partial charge in [0.2, 0.25) is 0 Å². The van der Waals surface area contributed by atoms with Gasteiger partial charge in [0, 0.05) is 45.3 Å². The zero-order chi connectivity index (χ0) is 17.6. The number of benzene rings is 1. The SMILES string of the molecule is CN=C(NCCc1cc(F)cc2c1OCOC2)N(C)CC1CCOC1. The van der Waals surface area contributed by atoms with Crippen molar-refractivity contribution in [3.05, 3.63) is 29.1 Å². The Morgan fingerprint density at radius 1 is 1.40 bits per heavy atom. The lowest BCUT2D eigenvalue weighted by Crippen LogP contribution is -2.42. The Morgan fingerprint density at radius 2 is 2.28 bits per heavy atom. The molecule has 1 atom stereocenters. The summed E-state index contributed by atoms with van der Waals surface area (Å²) in [7, 11) is 3.80. The van der Waals surface area contributed by atoms with E-state index in [-0.39, 0.29) is 12.6 Å². The quantitative estimate of drug-likeness (QED) is 0.647. The van der Waals surface area contributed by atoms with Crippen molar-refractivity contribution < 1.29 is 18.6 Å². The number of rotatable bonds is 5. The van der Waals surface area contributed by atoms with E-state index in [0.29, 0.717) is 25.5 Å². The second-order valence-corrected chi connectivity index (χ2v) is 6.50. The smallest absolute Gasteiger partial charge is 0.193 e. The summed E-state index contributed by atoms with van der Waals surface area (Å²) < 4.78 is 30.0. The lowest BCUT2D eigenvalue weighted by molar-refractivity contribution is -0.0172. The van der Waals surface area contributed by atoms with Crippen molar-refractivity contribution in [3.63, 3.8) is 0 Å². The van der Waals surface area contributed by atoms with Crippen molar-refractivity contribution in [2.75, 3.05) is 47.2 Å². The summed E-state index contributed by atoms with van der Waals surface area (Å²) in [6, 6.07) is 3.01. The summed E-state index contributed by atoms with van der Waals surface area (Å²) in [6.45, 7) is 3.83. The van der Waals surface area contributed by atoms with Crippen LogP contribution in [0.3, 0.4) is 0 Å². The van der Waals surface area contributed by atoms with Crippen molar-refractivity contribution in [1.82, 2.24) is 10.2 Å². The number of fused-ring (bicyclic) bond motifs is 1. The Labute approximate surface area is 148 Å². The van der Waals surface area contributed by atoms with Crippen LogP contribution in [0.15, 0.2) is 17.1 Å². The summed E-state index contributed by atoms with van der Waals surface area (Å²) in [5.74, 6) is 1.88. The molecule has 7 heteroatoms. The number of ether oxygens (including phenoxy) is 3. The third kappa shape index (κ3) is 4.61. The van der Waals surface area contributed by atoms with Crippen LogP contribution in [0.4, 0.5) is 4.39 Å². The van der Waals surface area contributed by atoms with Crippen LogP contribution in [-0.4, -0.2) is 58.1 Å². The lowest BCUT2D eigenvalue weighted by Gasteiger charge is -2.25. The molecule has 3 rings (SSSR count). The van der Waals surface area contributed by atoms with Crippen LogP contribution in [0.25, 0.3) is 0 Å². The summed E-state index contributed by atoms with van der Waals surface area (Å²) in [5, 5.41) is 3.34. The summed E-state index contributed by atoms with van der Waals surface area (Å²) in [5.41, 5.74) is 1.62. The molecular weight excluding hydrogens is 325 g/mol. The number of nitrogens with zero attached hydrogens (tertiary/aromatic N) is 2. The van der Waals surface area contributed by atoms with Crippen molar-refractivity contribution in [2.45, 2.75) is 19.4 Å². The standard InChI is InChI=1S/C18H26FN3O3/c1-20-18(22(2)9-13-4-6-23-10-13)21-5-3-14-7-16(19)8-15-11-24-12-25-17(14)15/h7-8,13H,3-6,9-12H2,1-2H3,(H,20,21). The topological polar surface area (TPSA) is 55.3 Å². The van der Waals surface area contributed by atoms with E-state index in [0.717, 1.165) is 49.0 Å². The lowest BCUT2D eigenvalue weighted by atomic mass is 10.1. The molecule has 1 aromatic carbocycles. The minimum absolute atomic E-state index is 0.215. The number of hydrogen-bond acceptors (Lipinski definition) is 4. The molecule has 1 saturated heterocycles. The molecule has 6 nitrogen and oxygen atoms in total. The highest BCUT2D eigenvalue weighted by molar-refractivity contribution is 5.79. The van der Waals surface area contributed by atoms with Crippen LogP contribution in [0.2, 0.25) is 0 Å². The number of halogens is 1. The van der Waals surface area contributed by atoms with Crippen LogP contribution in [0, 0.1) is 11.7 Å². The molecule has 2 aliphatic rings. The number of nitrogens with one attached hydrogen (secondary N) is 1. The van der Waals surface area contributed by atoms with Crippen LogP contribution in [0.5, 0.6) is 5.75 Å². The molecule has 1 fully saturated rings. The van der Waals surface area contributed by atoms with E-state index in [4.69, 9.17) is 14.2 Å². The number of hydrogen-bond donors (Lipinski definition) is 1. The molecule has 0 spiro atoms. The fourth-order valence-electron chi connectivity index (χ4n) is 3.34. The van der Waals surface area contributed by atoms with Crippen molar-refractivity contribution >= 4 is 5.96 Å². The highest BCUT2D eigenvalue weighted by Crippen LogP contribution is 2.29. The second kappa shape index (κ2) is 8.49. The monoisotopic (exact) mass is 351 g/mol. The van der Waals surface area contributed by atoms with Gasteiger partial charge in [0.15, 0.2) is 12.8 Å². The zero-order valence-electron chi connectivity index (χ0n) is 14.9. The first-order valence-corrected chi connectivity index (χ1v) is 8.68. The molecule has 0 saturated carbocycles. The first-order valence-electron chi connectivity index (χ1n) is 8.68. The van der Waals surface area contributed by atoms with Gasteiger partial charge in [-0.25, -0.2) is 4.39 Å². The van der Waals surface area contributed by atoms with Gasteiger partial charge in [0.05, 0.1) is 13.2 Å². The minimum atomic E-state index is -0.259. The summed E-state index contributed by atoms with van der Waals surface area (Å²) in [4.78, 5) is 6.45. The van der Waals surface area contributed by atoms with E-state index in [9.17, 15) is 4.39 Å². The van der Waals surface area contributed by atoms with Crippen molar-refractivity contribution in [1.29, 1.82) is 0 Å². The van der Waals surface area contributed by atoms with Crippen LogP contribution < -0.4 is 10.1 Å². The Balaban J connectivity index is 1.55. The van der Waals surface area contributed by atoms with E-state index in [1.807, 2.05) is 7.05 Å². The zero-order valence-corrected chi connectivity index (χ0v) is 14.9. The van der Waals surface area contributed by atoms with E-state index < -0.39 is 0 Å². The third-order valence-corrected chi connectivity index (χ3v) is 4.56.